The maximum atomic E-state index is 14.7. The summed E-state index contributed by atoms with van der Waals surface area (Å²) in [5.41, 5.74) is 1.25. The maximum absolute atomic E-state index is 14.7. The molecule has 0 spiro atoms. The number of fused-ring (bicyclic) bond motifs is 3. The van der Waals surface area contributed by atoms with Crippen molar-refractivity contribution in [3.05, 3.63) is 59.3 Å². The van der Waals surface area contributed by atoms with Crippen LogP contribution in [0.5, 0.6) is 5.88 Å². The van der Waals surface area contributed by atoms with Crippen LogP contribution < -0.4 is 15.0 Å². The van der Waals surface area contributed by atoms with Gasteiger partial charge in [-0.25, -0.2) is 22.8 Å². The number of aromatic nitrogens is 4. The molecule has 3 aromatic rings. The standard InChI is InChI=1S/C26H29F3N6O/c1-36-21-12-17(9-10-30-21)34-13-15-5-6-16(14-34)24(15)31-26-32-25-19(4-2-3-11-35(25)33-26)18-7-8-20(27)23(29)22(18)28/h7-10,12,15-16,19,24H,2-6,11,13-14H2,1H3,(H,31,33)/t15-,16+,19?,24?. The van der Waals surface area contributed by atoms with Gasteiger partial charge in [0.05, 0.1) is 7.11 Å². The van der Waals surface area contributed by atoms with Gasteiger partial charge in [0.25, 0.3) is 0 Å². The maximum Gasteiger partial charge on any atom is 0.242 e. The van der Waals surface area contributed by atoms with Crippen molar-refractivity contribution in [2.75, 3.05) is 30.4 Å². The third-order valence-corrected chi connectivity index (χ3v) is 7.99. The van der Waals surface area contributed by atoms with E-state index < -0.39 is 23.4 Å². The Morgan fingerprint density at radius 1 is 1.00 bits per heavy atom. The van der Waals surface area contributed by atoms with Crippen molar-refractivity contribution in [3.63, 3.8) is 0 Å². The zero-order valence-corrected chi connectivity index (χ0v) is 20.1. The molecule has 1 saturated carbocycles. The molecule has 2 bridgehead atoms. The molecular formula is C26H29F3N6O. The number of pyridine rings is 1. The van der Waals surface area contributed by atoms with Crippen molar-refractivity contribution < 1.29 is 17.9 Å². The molecule has 1 aromatic carbocycles. The topological polar surface area (TPSA) is 68.1 Å². The molecule has 3 aliphatic rings. The van der Waals surface area contributed by atoms with Crippen molar-refractivity contribution in [1.82, 2.24) is 19.7 Å². The molecule has 6 rings (SSSR count). The molecule has 36 heavy (non-hydrogen) atoms. The number of rotatable bonds is 5. The van der Waals surface area contributed by atoms with Gasteiger partial charge in [-0.05, 0) is 49.7 Å². The van der Waals surface area contributed by atoms with Gasteiger partial charge in [0.2, 0.25) is 11.8 Å². The van der Waals surface area contributed by atoms with Gasteiger partial charge in [-0.3, -0.25) is 0 Å². The Kier molecular flexibility index (Phi) is 5.97. The van der Waals surface area contributed by atoms with E-state index in [-0.39, 0.29) is 11.6 Å². The molecule has 0 amide bonds. The lowest BCUT2D eigenvalue weighted by Crippen LogP contribution is -2.48. The van der Waals surface area contributed by atoms with Gasteiger partial charge in [-0.15, -0.1) is 5.10 Å². The molecule has 10 heteroatoms. The fourth-order valence-electron chi connectivity index (χ4n) is 6.21. The highest BCUT2D eigenvalue weighted by Crippen LogP contribution is 2.41. The van der Waals surface area contributed by atoms with Crippen molar-refractivity contribution in [3.8, 4) is 5.88 Å². The SMILES string of the molecule is COc1cc(N2C[C@H]3CC[C@@H](C2)C3Nc2nc3n(n2)CCCCC3c2ccc(F)c(F)c2F)ccn1. The zero-order chi connectivity index (χ0) is 24.8. The molecule has 2 unspecified atom stereocenters. The molecule has 2 aliphatic heterocycles. The third kappa shape index (κ3) is 4.06. The fourth-order valence-corrected chi connectivity index (χ4v) is 6.21. The summed E-state index contributed by atoms with van der Waals surface area (Å²) in [5.74, 6) is -1.60. The second-order valence-corrected chi connectivity index (χ2v) is 10.1. The Morgan fingerprint density at radius 3 is 2.58 bits per heavy atom. The lowest BCUT2D eigenvalue weighted by atomic mass is 9.92. The Balaban J connectivity index is 1.23. The first-order valence-corrected chi connectivity index (χ1v) is 12.6. The number of halogens is 3. The summed E-state index contributed by atoms with van der Waals surface area (Å²) >= 11 is 0. The molecule has 190 valence electrons. The minimum Gasteiger partial charge on any atom is -0.481 e. The highest BCUT2D eigenvalue weighted by atomic mass is 19.2. The van der Waals surface area contributed by atoms with Crippen LogP contribution >= 0.6 is 0 Å². The highest BCUT2D eigenvalue weighted by molar-refractivity contribution is 5.49. The summed E-state index contributed by atoms with van der Waals surface area (Å²) in [7, 11) is 1.62. The Hall–Kier alpha value is -3.30. The summed E-state index contributed by atoms with van der Waals surface area (Å²) < 4.78 is 49.3. The quantitative estimate of drug-likeness (QED) is 0.513. The number of aryl methyl sites for hydroxylation is 1. The van der Waals surface area contributed by atoms with Crippen LogP contribution in [0.25, 0.3) is 0 Å². The predicted octanol–water partition coefficient (Wildman–Crippen LogP) is 4.74. The number of piperidine rings is 1. The first-order valence-electron chi connectivity index (χ1n) is 12.6. The van der Waals surface area contributed by atoms with Gasteiger partial charge in [-0.2, -0.15) is 4.98 Å². The average molecular weight is 499 g/mol. The summed E-state index contributed by atoms with van der Waals surface area (Å²) in [6, 6.07) is 6.55. The first-order chi connectivity index (χ1) is 17.5. The van der Waals surface area contributed by atoms with E-state index in [2.05, 4.69) is 15.2 Å². The number of anilines is 2. The normalized spacial score (nSPS) is 25.4. The summed E-state index contributed by atoms with van der Waals surface area (Å²) in [6.45, 7) is 2.50. The molecule has 1 saturated heterocycles. The second kappa shape index (κ2) is 9.29. The minimum atomic E-state index is -1.43. The van der Waals surface area contributed by atoms with Crippen molar-refractivity contribution >= 4 is 11.6 Å². The van der Waals surface area contributed by atoms with E-state index in [1.807, 2.05) is 12.1 Å². The van der Waals surface area contributed by atoms with E-state index in [1.165, 1.54) is 6.07 Å². The summed E-state index contributed by atoms with van der Waals surface area (Å²) in [4.78, 5) is 11.4. The number of ether oxygens (including phenoxy) is 1. The van der Waals surface area contributed by atoms with Crippen LogP contribution in [-0.2, 0) is 6.54 Å². The van der Waals surface area contributed by atoms with Crippen molar-refractivity contribution in [2.24, 2.45) is 11.8 Å². The van der Waals surface area contributed by atoms with E-state index in [0.29, 0.717) is 42.5 Å². The second-order valence-electron chi connectivity index (χ2n) is 10.1. The lowest BCUT2D eigenvalue weighted by molar-refractivity contribution is 0.374. The number of nitrogens with zero attached hydrogens (tertiary/aromatic N) is 5. The van der Waals surface area contributed by atoms with Crippen LogP contribution in [-0.4, -0.2) is 46.0 Å². The smallest absolute Gasteiger partial charge is 0.242 e. The van der Waals surface area contributed by atoms with Crippen LogP contribution in [0.2, 0.25) is 0 Å². The van der Waals surface area contributed by atoms with Gasteiger partial charge in [-0.1, -0.05) is 12.5 Å². The molecule has 4 atom stereocenters. The highest BCUT2D eigenvalue weighted by Gasteiger charge is 2.43. The molecule has 0 radical (unpaired) electrons. The third-order valence-electron chi connectivity index (χ3n) is 7.99. The molecule has 2 fully saturated rings. The van der Waals surface area contributed by atoms with Crippen molar-refractivity contribution in [1.29, 1.82) is 0 Å². The summed E-state index contributed by atoms with van der Waals surface area (Å²) in [5, 5.41) is 8.30. The van der Waals surface area contributed by atoms with Crippen LogP contribution in [0, 0.1) is 29.3 Å². The molecular weight excluding hydrogens is 469 g/mol. The number of nitrogens with one attached hydrogen (secondary N) is 1. The number of hydrogen-bond donors (Lipinski definition) is 1. The van der Waals surface area contributed by atoms with Gasteiger partial charge in [0, 0.05) is 55.1 Å². The molecule has 1 N–H and O–H groups in total. The van der Waals surface area contributed by atoms with E-state index in [1.54, 1.807) is 18.0 Å². The van der Waals surface area contributed by atoms with Crippen LogP contribution in [0.3, 0.4) is 0 Å². The number of benzene rings is 1. The van der Waals surface area contributed by atoms with E-state index >= 15 is 0 Å². The summed E-state index contributed by atoms with van der Waals surface area (Å²) in [6.07, 6.45) is 6.33. The average Bonchev–Trinajstić information content (AvgIpc) is 3.30. The lowest BCUT2D eigenvalue weighted by Gasteiger charge is -2.39. The van der Waals surface area contributed by atoms with Gasteiger partial charge >= 0.3 is 0 Å². The Morgan fingerprint density at radius 2 is 1.81 bits per heavy atom. The first kappa shape index (κ1) is 23.1. The van der Waals surface area contributed by atoms with E-state index in [9.17, 15) is 13.2 Å². The monoisotopic (exact) mass is 498 g/mol. The largest absolute Gasteiger partial charge is 0.481 e. The van der Waals surface area contributed by atoms with E-state index in [4.69, 9.17) is 14.8 Å². The van der Waals surface area contributed by atoms with Crippen molar-refractivity contribution in [2.45, 2.75) is 50.6 Å². The Labute approximate surface area is 207 Å². The molecule has 1 aliphatic carbocycles. The fraction of sp³-hybridized carbons (Fsp3) is 0.500. The van der Waals surface area contributed by atoms with Crippen LogP contribution in [0.4, 0.5) is 24.8 Å². The van der Waals surface area contributed by atoms with Gasteiger partial charge in [0.1, 0.15) is 5.82 Å². The minimum absolute atomic E-state index is 0.136. The van der Waals surface area contributed by atoms with Crippen LogP contribution in [0.15, 0.2) is 30.5 Å². The van der Waals surface area contributed by atoms with Gasteiger partial charge in [0.15, 0.2) is 17.5 Å². The predicted molar refractivity (Wildman–Crippen MR) is 129 cm³/mol. The molecule has 7 nitrogen and oxygen atoms in total. The van der Waals surface area contributed by atoms with Gasteiger partial charge < -0.3 is 15.0 Å². The van der Waals surface area contributed by atoms with Crippen LogP contribution in [0.1, 0.15) is 49.4 Å². The number of hydrogen-bond acceptors (Lipinski definition) is 6. The zero-order valence-electron chi connectivity index (χ0n) is 20.1. The van der Waals surface area contributed by atoms with E-state index in [0.717, 1.165) is 50.5 Å². The molecule has 2 aromatic heterocycles. The Bertz CT molecular complexity index is 1250. The molecule has 4 heterocycles. The number of methoxy groups -OCH3 is 1.